The van der Waals surface area contributed by atoms with Gasteiger partial charge in [-0.25, -0.2) is 4.98 Å². The van der Waals surface area contributed by atoms with Crippen LogP contribution in [0.5, 0.6) is 11.5 Å². The molecule has 8 heteroatoms. The van der Waals surface area contributed by atoms with Gasteiger partial charge in [0.2, 0.25) is 12.7 Å². The second-order valence-corrected chi connectivity index (χ2v) is 9.13. The largest absolute Gasteiger partial charge is 0.454 e. The number of fused-ring (bicyclic) bond motifs is 2. The summed E-state index contributed by atoms with van der Waals surface area (Å²) in [4.78, 5) is 32.6. The number of carbonyl (C=O) groups is 2. The lowest BCUT2D eigenvalue weighted by Crippen LogP contribution is -2.22. The number of hydrogen-bond acceptors (Lipinski definition) is 5. The number of H-pyrrole nitrogens is 1. The van der Waals surface area contributed by atoms with Crippen molar-refractivity contribution in [2.45, 2.75) is 33.2 Å². The van der Waals surface area contributed by atoms with Crippen LogP contribution in [0, 0.1) is 5.92 Å². The Morgan fingerprint density at radius 1 is 0.944 bits per heavy atom. The summed E-state index contributed by atoms with van der Waals surface area (Å²) in [5.74, 6) is 2.07. The van der Waals surface area contributed by atoms with Crippen molar-refractivity contribution in [1.29, 1.82) is 0 Å². The Balaban J connectivity index is 1.18. The van der Waals surface area contributed by atoms with Gasteiger partial charge in [-0.15, -0.1) is 0 Å². The molecule has 2 heterocycles. The third-order valence-electron chi connectivity index (χ3n) is 6.08. The predicted octanol–water partition coefficient (Wildman–Crippen LogP) is 4.60. The van der Waals surface area contributed by atoms with Gasteiger partial charge < -0.3 is 25.1 Å². The van der Waals surface area contributed by atoms with E-state index in [0.29, 0.717) is 17.9 Å². The first-order valence-corrected chi connectivity index (χ1v) is 12.0. The highest BCUT2D eigenvalue weighted by atomic mass is 16.7. The summed E-state index contributed by atoms with van der Waals surface area (Å²) in [6, 6.07) is 19.0. The number of carbonyl (C=O) groups excluding carboxylic acids is 2. The monoisotopic (exact) mass is 484 g/mol. The quantitative estimate of drug-likeness (QED) is 0.339. The Hall–Kier alpha value is -4.33. The van der Waals surface area contributed by atoms with E-state index in [0.717, 1.165) is 52.3 Å². The molecule has 0 atom stereocenters. The number of anilines is 1. The van der Waals surface area contributed by atoms with Crippen LogP contribution in [0.1, 0.15) is 41.2 Å². The van der Waals surface area contributed by atoms with Crippen LogP contribution in [-0.2, 0) is 24.2 Å². The van der Waals surface area contributed by atoms with Gasteiger partial charge in [0, 0.05) is 30.1 Å². The fourth-order valence-electron chi connectivity index (χ4n) is 3.96. The molecule has 4 aromatic rings. The van der Waals surface area contributed by atoms with Gasteiger partial charge in [0.15, 0.2) is 11.5 Å². The number of nitrogens with one attached hydrogen (secondary N) is 3. The molecule has 0 radical (unpaired) electrons. The second kappa shape index (κ2) is 10.1. The Bertz CT molecular complexity index is 1410. The minimum Gasteiger partial charge on any atom is -0.454 e. The molecule has 2 amide bonds. The van der Waals surface area contributed by atoms with E-state index in [1.165, 1.54) is 0 Å². The number of aromatic amines is 1. The zero-order chi connectivity index (χ0) is 25.1. The van der Waals surface area contributed by atoms with Crippen LogP contribution in [0.15, 0.2) is 60.7 Å². The molecule has 0 saturated carbocycles. The van der Waals surface area contributed by atoms with Crippen molar-refractivity contribution < 1.29 is 19.1 Å². The molecule has 0 unspecified atom stereocenters. The van der Waals surface area contributed by atoms with E-state index in [4.69, 9.17) is 9.47 Å². The maximum atomic E-state index is 12.7. The van der Waals surface area contributed by atoms with Crippen molar-refractivity contribution in [3.05, 3.63) is 83.2 Å². The molecule has 3 aromatic carbocycles. The molecular formula is C28H28N4O4. The lowest BCUT2D eigenvalue weighted by Gasteiger charge is -2.08. The molecule has 3 N–H and O–H groups in total. The normalized spacial score (nSPS) is 12.2. The van der Waals surface area contributed by atoms with Gasteiger partial charge in [-0.2, -0.15) is 0 Å². The average molecular weight is 485 g/mol. The van der Waals surface area contributed by atoms with E-state index < -0.39 is 0 Å². The third kappa shape index (κ3) is 5.33. The first-order chi connectivity index (χ1) is 17.4. The van der Waals surface area contributed by atoms with E-state index in [1.54, 1.807) is 6.07 Å². The van der Waals surface area contributed by atoms with Crippen LogP contribution < -0.4 is 20.1 Å². The SMILES string of the molecule is CC(C)C(=O)Nc1ccc(CCc2nc3ccc(C(=O)NCc4ccc5c(c4)OCO5)cc3[nH]2)cc1. The summed E-state index contributed by atoms with van der Waals surface area (Å²) in [6.07, 6.45) is 1.54. The number of ether oxygens (including phenoxy) is 2. The van der Waals surface area contributed by atoms with Crippen LogP contribution >= 0.6 is 0 Å². The topological polar surface area (TPSA) is 105 Å². The Labute approximate surface area is 209 Å². The van der Waals surface area contributed by atoms with Crippen LogP contribution in [0.2, 0.25) is 0 Å². The van der Waals surface area contributed by atoms with Gasteiger partial charge >= 0.3 is 0 Å². The molecule has 0 bridgehead atoms. The van der Waals surface area contributed by atoms with E-state index in [2.05, 4.69) is 20.6 Å². The maximum Gasteiger partial charge on any atom is 0.251 e. The molecule has 36 heavy (non-hydrogen) atoms. The number of hydrogen-bond donors (Lipinski definition) is 3. The van der Waals surface area contributed by atoms with Gasteiger partial charge in [-0.1, -0.05) is 32.0 Å². The lowest BCUT2D eigenvalue weighted by atomic mass is 10.1. The molecule has 5 rings (SSSR count). The number of amides is 2. The van der Waals surface area contributed by atoms with Crippen LogP contribution in [0.3, 0.4) is 0 Å². The van der Waals surface area contributed by atoms with Gasteiger partial charge in [0.25, 0.3) is 5.91 Å². The zero-order valence-electron chi connectivity index (χ0n) is 20.3. The molecular weight excluding hydrogens is 456 g/mol. The maximum absolute atomic E-state index is 12.7. The Morgan fingerprint density at radius 2 is 1.72 bits per heavy atom. The molecule has 0 saturated heterocycles. The fraction of sp³-hybridized carbons (Fsp3) is 0.250. The molecule has 8 nitrogen and oxygen atoms in total. The van der Waals surface area contributed by atoms with Crippen molar-refractivity contribution in [1.82, 2.24) is 15.3 Å². The Kier molecular flexibility index (Phi) is 6.58. The number of aromatic nitrogens is 2. The van der Waals surface area contributed by atoms with Crippen molar-refractivity contribution in [3.8, 4) is 11.5 Å². The smallest absolute Gasteiger partial charge is 0.251 e. The minimum atomic E-state index is -0.157. The molecule has 0 aliphatic carbocycles. The van der Waals surface area contributed by atoms with E-state index in [9.17, 15) is 9.59 Å². The van der Waals surface area contributed by atoms with Gasteiger partial charge in [0.05, 0.1) is 11.0 Å². The first kappa shape index (κ1) is 23.4. The van der Waals surface area contributed by atoms with Gasteiger partial charge in [-0.3, -0.25) is 9.59 Å². The zero-order valence-corrected chi connectivity index (χ0v) is 20.3. The van der Waals surface area contributed by atoms with Crippen LogP contribution in [-0.4, -0.2) is 28.6 Å². The third-order valence-corrected chi connectivity index (χ3v) is 6.08. The molecule has 1 aromatic heterocycles. The predicted molar refractivity (Wildman–Crippen MR) is 137 cm³/mol. The first-order valence-electron chi connectivity index (χ1n) is 12.0. The molecule has 1 aliphatic rings. The molecule has 0 fully saturated rings. The number of imidazole rings is 1. The number of nitrogens with zero attached hydrogens (tertiary/aromatic N) is 1. The molecule has 1 aliphatic heterocycles. The summed E-state index contributed by atoms with van der Waals surface area (Å²) < 4.78 is 10.7. The highest BCUT2D eigenvalue weighted by molar-refractivity contribution is 5.97. The molecule has 184 valence electrons. The van der Waals surface area contributed by atoms with E-state index >= 15 is 0 Å². The van der Waals surface area contributed by atoms with Crippen molar-refractivity contribution in [2.75, 3.05) is 12.1 Å². The van der Waals surface area contributed by atoms with Crippen molar-refractivity contribution in [3.63, 3.8) is 0 Å². The molecule has 0 spiro atoms. The average Bonchev–Trinajstić information content (AvgIpc) is 3.52. The summed E-state index contributed by atoms with van der Waals surface area (Å²) in [7, 11) is 0. The van der Waals surface area contributed by atoms with E-state index in [1.807, 2.05) is 68.4 Å². The highest BCUT2D eigenvalue weighted by Gasteiger charge is 2.14. The summed E-state index contributed by atoms with van der Waals surface area (Å²) in [5.41, 5.74) is 5.11. The van der Waals surface area contributed by atoms with Gasteiger partial charge in [-0.05, 0) is 60.0 Å². The minimum absolute atomic E-state index is 0.00556. The van der Waals surface area contributed by atoms with E-state index in [-0.39, 0.29) is 24.5 Å². The van der Waals surface area contributed by atoms with Crippen molar-refractivity contribution in [2.24, 2.45) is 5.92 Å². The Morgan fingerprint density at radius 3 is 2.53 bits per heavy atom. The van der Waals surface area contributed by atoms with Crippen molar-refractivity contribution >= 4 is 28.5 Å². The number of aryl methyl sites for hydroxylation is 2. The fourth-order valence-corrected chi connectivity index (χ4v) is 3.96. The summed E-state index contributed by atoms with van der Waals surface area (Å²) >= 11 is 0. The number of rotatable bonds is 8. The second-order valence-electron chi connectivity index (χ2n) is 9.13. The standard InChI is InChI=1S/C28H28N4O4/c1-17(2)27(33)30-21-8-3-18(4-9-21)6-12-26-31-22-10-7-20(14-23(22)32-26)28(34)29-15-19-5-11-24-25(13-19)36-16-35-24/h3-5,7-11,13-14,17H,6,12,15-16H2,1-2H3,(H,29,34)(H,30,33)(H,31,32). The highest BCUT2D eigenvalue weighted by Crippen LogP contribution is 2.32. The summed E-state index contributed by atoms with van der Waals surface area (Å²) in [5, 5.41) is 5.85. The van der Waals surface area contributed by atoms with Crippen LogP contribution in [0.4, 0.5) is 5.69 Å². The van der Waals surface area contributed by atoms with Crippen LogP contribution in [0.25, 0.3) is 11.0 Å². The van der Waals surface area contributed by atoms with Gasteiger partial charge in [0.1, 0.15) is 5.82 Å². The number of benzene rings is 3. The summed E-state index contributed by atoms with van der Waals surface area (Å²) in [6.45, 7) is 4.35. The lowest BCUT2D eigenvalue weighted by molar-refractivity contribution is -0.118.